The van der Waals surface area contributed by atoms with Crippen LogP contribution in [0.1, 0.15) is 30.6 Å². The molecule has 1 saturated heterocycles. The number of amides is 1. The Morgan fingerprint density at radius 2 is 1.68 bits per heavy atom. The van der Waals surface area contributed by atoms with Gasteiger partial charge in [-0.3, -0.25) is 4.79 Å². The van der Waals surface area contributed by atoms with Crippen LogP contribution in [-0.4, -0.2) is 31.0 Å². The predicted octanol–water partition coefficient (Wildman–Crippen LogP) is 3.97. The van der Waals surface area contributed by atoms with Gasteiger partial charge >= 0.3 is 0 Å². The Kier molecular flexibility index (Phi) is 4.06. The van der Waals surface area contributed by atoms with E-state index in [4.69, 9.17) is 4.74 Å². The van der Waals surface area contributed by atoms with Crippen molar-refractivity contribution in [1.29, 1.82) is 0 Å². The summed E-state index contributed by atoms with van der Waals surface area (Å²) in [4.78, 5) is 15.0. The van der Waals surface area contributed by atoms with Gasteiger partial charge in [-0.2, -0.15) is 0 Å². The van der Waals surface area contributed by atoms with Crippen molar-refractivity contribution in [2.75, 3.05) is 20.2 Å². The van der Waals surface area contributed by atoms with E-state index in [1.807, 2.05) is 41.3 Å². The number of hydrogen-bond donors (Lipinski definition) is 0. The van der Waals surface area contributed by atoms with Crippen molar-refractivity contribution in [3.8, 4) is 5.75 Å². The van der Waals surface area contributed by atoms with E-state index in [0.717, 1.165) is 35.2 Å². The van der Waals surface area contributed by atoms with Crippen LogP contribution in [0.4, 0.5) is 0 Å². The minimum absolute atomic E-state index is 0.136. The first-order chi connectivity index (χ1) is 10.6. The van der Waals surface area contributed by atoms with Crippen LogP contribution >= 0.6 is 0 Å². The summed E-state index contributed by atoms with van der Waals surface area (Å²) in [5, 5.41) is 1.96. The Labute approximate surface area is 131 Å². The second kappa shape index (κ2) is 5.99. The average molecular weight is 297 g/mol. The molecule has 0 aromatic heterocycles. The van der Waals surface area contributed by atoms with E-state index in [-0.39, 0.29) is 5.91 Å². The van der Waals surface area contributed by atoms with Gasteiger partial charge in [-0.25, -0.2) is 0 Å². The first kappa shape index (κ1) is 14.9. The summed E-state index contributed by atoms with van der Waals surface area (Å²) in [5.41, 5.74) is 0.776. The summed E-state index contributed by atoms with van der Waals surface area (Å²) in [6, 6.07) is 11.7. The Bertz CT molecular complexity index is 685. The van der Waals surface area contributed by atoms with Gasteiger partial charge in [-0.15, -0.1) is 0 Å². The zero-order valence-corrected chi connectivity index (χ0v) is 13.5. The third-order valence-corrected chi connectivity index (χ3v) is 4.49. The zero-order chi connectivity index (χ0) is 15.7. The normalized spacial score (nSPS) is 21.9. The number of carbonyl (C=O) groups is 1. The molecule has 1 heterocycles. The number of carbonyl (C=O) groups excluding carboxylic acids is 1. The largest absolute Gasteiger partial charge is 0.496 e. The highest BCUT2D eigenvalue weighted by Crippen LogP contribution is 2.30. The molecule has 1 aliphatic rings. The van der Waals surface area contributed by atoms with Crippen LogP contribution in [0.15, 0.2) is 36.4 Å². The van der Waals surface area contributed by atoms with Crippen molar-refractivity contribution < 1.29 is 9.53 Å². The SMILES string of the molecule is COc1ccc(C(=O)N2C[C@@H](C)C[C@H](C)C2)c2ccccc12. The maximum atomic E-state index is 13.0. The first-order valence-corrected chi connectivity index (χ1v) is 7.95. The molecule has 0 unspecified atom stereocenters. The lowest BCUT2D eigenvalue weighted by Crippen LogP contribution is -2.42. The van der Waals surface area contributed by atoms with Crippen LogP contribution < -0.4 is 4.74 Å². The van der Waals surface area contributed by atoms with Crippen molar-refractivity contribution >= 4 is 16.7 Å². The molecule has 0 spiro atoms. The molecule has 0 saturated carbocycles. The minimum atomic E-state index is 0.136. The predicted molar refractivity (Wildman–Crippen MR) is 89.3 cm³/mol. The standard InChI is InChI=1S/C19H23NO2/c1-13-10-14(2)12-20(11-13)19(21)17-8-9-18(22-3)16-7-5-4-6-15(16)17/h4-9,13-14H,10-12H2,1-3H3/t13-,14-/m0/s1. The van der Waals surface area contributed by atoms with E-state index in [1.165, 1.54) is 6.42 Å². The van der Waals surface area contributed by atoms with Crippen molar-refractivity contribution in [2.24, 2.45) is 11.8 Å². The number of ether oxygens (including phenoxy) is 1. The van der Waals surface area contributed by atoms with E-state index >= 15 is 0 Å². The van der Waals surface area contributed by atoms with Gasteiger partial charge in [0.1, 0.15) is 5.75 Å². The van der Waals surface area contributed by atoms with E-state index in [2.05, 4.69) is 13.8 Å². The Hall–Kier alpha value is -2.03. The summed E-state index contributed by atoms with van der Waals surface area (Å²) in [6.07, 6.45) is 1.20. The second-order valence-electron chi connectivity index (χ2n) is 6.52. The highest BCUT2D eigenvalue weighted by Gasteiger charge is 2.27. The quantitative estimate of drug-likeness (QED) is 0.839. The molecule has 2 aromatic carbocycles. The smallest absolute Gasteiger partial charge is 0.254 e. The second-order valence-corrected chi connectivity index (χ2v) is 6.52. The minimum Gasteiger partial charge on any atom is -0.496 e. The van der Waals surface area contributed by atoms with Gasteiger partial charge < -0.3 is 9.64 Å². The molecule has 3 nitrogen and oxygen atoms in total. The molecule has 2 atom stereocenters. The van der Waals surface area contributed by atoms with Gasteiger partial charge in [0, 0.05) is 24.0 Å². The van der Waals surface area contributed by atoms with E-state index in [0.29, 0.717) is 11.8 Å². The number of nitrogens with zero attached hydrogens (tertiary/aromatic N) is 1. The van der Waals surface area contributed by atoms with Crippen LogP contribution in [0.5, 0.6) is 5.75 Å². The number of fused-ring (bicyclic) bond motifs is 1. The highest BCUT2D eigenvalue weighted by molar-refractivity contribution is 6.08. The first-order valence-electron chi connectivity index (χ1n) is 7.95. The molecule has 2 aromatic rings. The molecule has 0 aliphatic carbocycles. The summed E-state index contributed by atoms with van der Waals surface area (Å²) in [7, 11) is 1.66. The summed E-state index contributed by atoms with van der Waals surface area (Å²) >= 11 is 0. The van der Waals surface area contributed by atoms with E-state index < -0.39 is 0 Å². The Morgan fingerprint density at radius 1 is 1.05 bits per heavy atom. The topological polar surface area (TPSA) is 29.5 Å². The lowest BCUT2D eigenvalue weighted by atomic mass is 9.91. The average Bonchev–Trinajstić information content (AvgIpc) is 2.52. The molecule has 1 fully saturated rings. The molecular weight excluding hydrogens is 274 g/mol. The third kappa shape index (κ3) is 2.68. The lowest BCUT2D eigenvalue weighted by molar-refractivity contribution is 0.0625. The number of hydrogen-bond acceptors (Lipinski definition) is 2. The Morgan fingerprint density at radius 3 is 2.32 bits per heavy atom. The van der Waals surface area contributed by atoms with Gasteiger partial charge in [0.2, 0.25) is 0 Å². The van der Waals surface area contributed by atoms with Crippen molar-refractivity contribution in [1.82, 2.24) is 4.90 Å². The molecule has 0 bridgehead atoms. The number of piperidine rings is 1. The van der Waals surface area contributed by atoms with Crippen LogP contribution in [0.3, 0.4) is 0 Å². The fourth-order valence-electron chi connectivity index (χ4n) is 3.64. The fourth-order valence-corrected chi connectivity index (χ4v) is 3.64. The Balaban J connectivity index is 2.01. The van der Waals surface area contributed by atoms with Gasteiger partial charge in [0.05, 0.1) is 7.11 Å². The zero-order valence-electron chi connectivity index (χ0n) is 13.5. The number of benzene rings is 2. The molecule has 1 amide bonds. The molecule has 0 radical (unpaired) electrons. The number of rotatable bonds is 2. The van der Waals surface area contributed by atoms with Gasteiger partial charge in [-0.05, 0) is 35.8 Å². The molecule has 0 N–H and O–H groups in total. The monoisotopic (exact) mass is 297 g/mol. The van der Waals surface area contributed by atoms with Crippen molar-refractivity contribution in [3.05, 3.63) is 42.0 Å². The molecule has 3 rings (SSSR count). The van der Waals surface area contributed by atoms with Crippen molar-refractivity contribution in [2.45, 2.75) is 20.3 Å². The molecule has 3 heteroatoms. The molecule has 1 aliphatic heterocycles. The van der Waals surface area contributed by atoms with Crippen LogP contribution in [0.25, 0.3) is 10.8 Å². The maximum absolute atomic E-state index is 13.0. The van der Waals surface area contributed by atoms with Gasteiger partial charge in [0.15, 0.2) is 0 Å². The molecule has 22 heavy (non-hydrogen) atoms. The van der Waals surface area contributed by atoms with E-state index in [1.54, 1.807) is 7.11 Å². The molecular formula is C19H23NO2. The third-order valence-electron chi connectivity index (χ3n) is 4.49. The van der Waals surface area contributed by atoms with E-state index in [9.17, 15) is 4.79 Å². The van der Waals surface area contributed by atoms with Crippen LogP contribution in [0, 0.1) is 11.8 Å². The number of likely N-dealkylation sites (tertiary alicyclic amines) is 1. The van der Waals surface area contributed by atoms with Crippen LogP contribution in [-0.2, 0) is 0 Å². The van der Waals surface area contributed by atoms with Crippen LogP contribution in [0.2, 0.25) is 0 Å². The number of methoxy groups -OCH3 is 1. The van der Waals surface area contributed by atoms with Crippen molar-refractivity contribution in [3.63, 3.8) is 0 Å². The fraction of sp³-hybridized carbons (Fsp3) is 0.421. The van der Waals surface area contributed by atoms with Gasteiger partial charge in [-0.1, -0.05) is 38.1 Å². The lowest BCUT2D eigenvalue weighted by Gasteiger charge is -2.35. The highest BCUT2D eigenvalue weighted by atomic mass is 16.5. The summed E-state index contributed by atoms with van der Waals surface area (Å²) in [5.74, 6) is 2.08. The maximum Gasteiger partial charge on any atom is 0.254 e. The summed E-state index contributed by atoms with van der Waals surface area (Å²) < 4.78 is 5.42. The molecule has 116 valence electrons. The van der Waals surface area contributed by atoms with Gasteiger partial charge in [0.25, 0.3) is 5.91 Å². The summed E-state index contributed by atoms with van der Waals surface area (Å²) in [6.45, 7) is 6.15.